The average Bonchev–Trinajstić information content (AvgIpc) is 2.65. The molecule has 0 bridgehead atoms. The maximum Gasteiger partial charge on any atom is 0.246 e. The first-order valence-corrected chi connectivity index (χ1v) is 10.8. The smallest absolute Gasteiger partial charge is 0.246 e. The van der Waals surface area contributed by atoms with Crippen LogP contribution in [0.1, 0.15) is 44.6 Å². The highest BCUT2D eigenvalue weighted by Crippen LogP contribution is 2.30. The first-order chi connectivity index (χ1) is 12.4. The largest absolute Gasteiger partial charge is 0.495 e. The molecule has 0 aliphatic carbocycles. The minimum Gasteiger partial charge on any atom is -0.495 e. The molecule has 0 radical (unpaired) electrons. The molecule has 1 N–H and O–H groups in total. The molecule has 0 aromatic heterocycles. The van der Waals surface area contributed by atoms with Gasteiger partial charge in [0.2, 0.25) is 15.9 Å². The Labute approximate surface area is 157 Å². The molecule has 1 saturated heterocycles. The summed E-state index contributed by atoms with van der Waals surface area (Å²) < 4.78 is 32.9. The first kappa shape index (κ1) is 20.7. The van der Waals surface area contributed by atoms with Gasteiger partial charge in [-0.3, -0.25) is 4.79 Å². The third-order valence-electron chi connectivity index (χ3n) is 4.77. The fraction of sp³-hybridized carbons (Fsp3) is 0.632. The quantitative estimate of drug-likeness (QED) is 0.702. The molecule has 1 aliphatic rings. The van der Waals surface area contributed by atoms with Gasteiger partial charge in [0.05, 0.1) is 13.0 Å². The number of nitrogens with one attached hydrogen (secondary N) is 1. The number of ether oxygens (including phenoxy) is 1. The molecule has 1 aliphatic heterocycles. The minimum absolute atomic E-state index is 0.0442. The third kappa shape index (κ3) is 4.98. The van der Waals surface area contributed by atoms with Crippen molar-refractivity contribution >= 4 is 15.9 Å². The molecule has 1 aromatic carbocycles. The highest BCUT2D eigenvalue weighted by atomic mass is 32.2. The molecule has 1 aromatic rings. The van der Waals surface area contributed by atoms with Gasteiger partial charge in [0.1, 0.15) is 10.6 Å². The molecule has 1 fully saturated rings. The van der Waals surface area contributed by atoms with Gasteiger partial charge < -0.3 is 10.1 Å². The van der Waals surface area contributed by atoms with Crippen molar-refractivity contribution < 1.29 is 17.9 Å². The van der Waals surface area contributed by atoms with E-state index >= 15 is 0 Å². The van der Waals surface area contributed by atoms with Crippen LogP contribution in [0.5, 0.6) is 5.75 Å². The van der Waals surface area contributed by atoms with Gasteiger partial charge in [0.15, 0.2) is 0 Å². The van der Waals surface area contributed by atoms with Crippen LogP contribution in [-0.2, 0) is 14.8 Å². The van der Waals surface area contributed by atoms with Crippen LogP contribution in [0.2, 0.25) is 0 Å². The van der Waals surface area contributed by atoms with Gasteiger partial charge in [0, 0.05) is 19.6 Å². The van der Waals surface area contributed by atoms with Gasteiger partial charge in [-0.2, -0.15) is 4.31 Å². The summed E-state index contributed by atoms with van der Waals surface area (Å²) in [6, 6.07) is 5.12. The van der Waals surface area contributed by atoms with Gasteiger partial charge in [-0.15, -0.1) is 0 Å². The molecule has 6 nitrogen and oxygen atoms in total. The van der Waals surface area contributed by atoms with Crippen molar-refractivity contribution in [1.82, 2.24) is 9.62 Å². The number of unbranched alkanes of at least 4 members (excludes halogenated alkanes) is 2. The molecule has 1 atom stereocenters. The van der Waals surface area contributed by atoms with Gasteiger partial charge >= 0.3 is 0 Å². The maximum absolute atomic E-state index is 13.1. The van der Waals surface area contributed by atoms with Crippen LogP contribution in [0.4, 0.5) is 0 Å². The lowest BCUT2D eigenvalue weighted by molar-refractivity contribution is -0.126. The molecule has 0 saturated carbocycles. The maximum atomic E-state index is 13.1. The lowest BCUT2D eigenvalue weighted by atomic mass is 9.99. The van der Waals surface area contributed by atoms with E-state index in [1.54, 1.807) is 12.1 Å². The number of amides is 1. The lowest BCUT2D eigenvalue weighted by Gasteiger charge is -2.31. The van der Waals surface area contributed by atoms with E-state index in [-0.39, 0.29) is 23.3 Å². The van der Waals surface area contributed by atoms with Gasteiger partial charge in [-0.25, -0.2) is 8.42 Å². The minimum atomic E-state index is -3.69. The summed E-state index contributed by atoms with van der Waals surface area (Å²) >= 11 is 0. The van der Waals surface area contributed by atoms with Crippen molar-refractivity contribution in [3.63, 3.8) is 0 Å². The van der Waals surface area contributed by atoms with Crippen LogP contribution in [0, 0.1) is 12.8 Å². The Kier molecular flexibility index (Phi) is 7.46. The summed E-state index contributed by atoms with van der Waals surface area (Å²) in [5.41, 5.74) is 0.853. The number of carbonyl (C=O) groups is 1. The summed E-state index contributed by atoms with van der Waals surface area (Å²) in [4.78, 5) is 12.6. The standard InChI is InChI=1S/C19H30N2O4S/c1-4-5-6-11-20-19(22)16-8-7-12-21(14-16)26(23,24)18-13-15(2)9-10-17(18)25-3/h9-10,13,16H,4-8,11-12,14H2,1-3H3,(H,20,22). The number of carbonyl (C=O) groups excluding carboxylic acids is 1. The highest BCUT2D eigenvalue weighted by Gasteiger charge is 2.34. The number of hydrogen-bond donors (Lipinski definition) is 1. The van der Waals surface area contributed by atoms with E-state index in [9.17, 15) is 13.2 Å². The molecule has 0 spiro atoms. The predicted octanol–water partition coefficient (Wildman–Crippen LogP) is 2.71. The van der Waals surface area contributed by atoms with Gasteiger partial charge in [-0.05, 0) is 43.9 Å². The third-order valence-corrected chi connectivity index (χ3v) is 6.66. The Morgan fingerprint density at radius 2 is 2.12 bits per heavy atom. The summed E-state index contributed by atoms with van der Waals surface area (Å²) in [6.45, 7) is 5.27. The second kappa shape index (κ2) is 9.37. The van der Waals surface area contributed by atoms with Crippen LogP contribution in [-0.4, -0.2) is 45.4 Å². The number of aryl methyl sites for hydroxylation is 1. The summed E-state index contributed by atoms with van der Waals surface area (Å²) in [7, 11) is -2.23. The van der Waals surface area contributed by atoms with E-state index in [0.717, 1.165) is 31.2 Å². The van der Waals surface area contributed by atoms with Crippen molar-refractivity contribution in [1.29, 1.82) is 0 Å². The van der Waals surface area contributed by atoms with E-state index in [2.05, 4.69) is 12.2 Å². The Balaban J connectivity index is 2.10. The van der Waals surface area contributed by atoms with E-state index in [4.69, 9.17) is 4.74 Å². The lowest BCUT2D eigenvalue weighted by Crippen LogP contribution is -2.45. The molecule has 7 heteroatoms. The molecule has 146 valence electrons. The van der Waals surface area contributed by atoms with E-state index in [0.29, 0.717) is 25.3 Å². The summed E-state index contributed by atoms with van der Waals surface area (Å²) in [5.74, 6) is -0.00472. The van der Waals surface area contributed by atoms with E-state index in [1.807, 2.05) is 13.0 Å². The average molecular weight is 383 g/mol. The number of hydrogen-bond acceptors (Lipinski definition) is 4. The molecular weight excluding hydrogens is 352 g/mol. The molecule has 2 rings (SSSR count). The zero-order valence-electron chi connectivity index (χ0n) is 16.0. The van der Waals surface area contributed by atoms with Crippen LogP contribution in [0.15, 0.2) is 23.1 Å². The Bertz CT molecular complexity index is 718. The predicted molar refractivity (Wildman–Crippen MR) is 102 cm³/mol. The van der Waals surface area contributed by atoms with Crippen molar-refractivity contribution in [3.8, 4) is 5.75 Å². The second-order valence-corrected chi connectivity index (χ2v) is 8.76. The number of nitrogens with zero attached hydrogens (tertiary/aromatic N) is 1. The first-order valence-electron chi connectivity index (χ1n) is 9.32. The summed E-state index contributed by atoms with van der Waals surface area (Å²) in [5, 5.41) is 2.95. The second-order valence-electron chi connectivity index (χ2n) is 6.85. The Hall–Kier alpha value is -1.60. The topological polar surface area (TPSA) is 75.7 Å². The molecular formula is C19H30N2O4S. The molecule has 1 unspecified atom stereocenters. The van der Waals surface area contributed by atoms with Gasteiger partial charge in [-0.1, -0.05) is 25.8 Å². The Morgan fingerprint density at radius 3 is 2.81 bits per heavy atom. The van der Waals surface area contributed by atoms with Gasteiger partial charge in [0.25, 0.3) is 0 Å². The fourth-order valence-electron chi connectivity index (χ4n) is 3.23. The normalized spacial score (nSPS) is 18.5. The molecule has 26 heavy (non-hydrogen) atoms. The number of sulfonamides is 1. The number of rotatable bonds is 8. The van der Waals surface area contributed by atoms with Crippen LogP contribution in [0.25, 0.3) is 0 Å². The van der Waals surface area contributed by atoms with E-state index in [1.165, 1.54) is 11.4 Å². The molecule has 1 heterocycles. The van der Waals surface area contributed by atoms with Crippen LogP contribution in [0.3, 0.4) is 0 Å². The van der Waals surface area contributed by atoms with Crippen LogP contribution >= 0.6 is 0 Å². The van der Waals surface area contributed by atoms with Crippen molar-refractivity contribution in [2.75, 3.05) is 26.7 Å². The Morgan fingerprint density at radius 1 is 1.35 bits per heavy atom. The zero-order chi connectivity index (χ0) is 19.2. The van der Waals surface area contributed by atoms with Crippen LogP contribution < -0.4 is 10.1 Å². The number of methoxy groups -OCH3 is 1. The number of benzene rings is 1. The molecule has 1 amide bonds. The highest BCUT2D eigenvalue weighted by molar-refractivity contribution is 7.89. The van der Waals surface area contributed by atoms with Crippen molar-refractivity contribution in [2.24, 2.45) is 5.92 Å². The monoisotopic (exact) mass is 382 g/mol. The summed E-state index contributed by atoms with van der Waals surface area (Å²) in [6.07, 6.45) is 4.54. The fourth-order valence-corrected chi connectivity index (χ4v) is 4.99. The van der Waals surface area contributed by atoms with Crippen molar-refractivity contribution in [2.45, 2.75) is 50.8 Å². The zero-order valence-corrected chi connectivity index (χ0v) is 16.8. The van der Waals surface area contributed by atoms with Crippen molar-refractivity contribution in [3.05, 3.63) is 23.8 Å². The SMILES string of the molecule is CCCCCNC(=O)C1CCCN(S(=O)(=O)c2cc(C)ccc2OC)C1. The number of piperidine rings is 1. The van der Waals surface area contributed by atoms with E-state index < -0.39 is 10.0 Å².